The average molecular weight is 536 g/mol. The molecule has 0 saturated heterocycles. The van der Waals surface area contributed by atoms with Crippen molar-refractivity contribution in [2.75, 3.05) is 5.73 Å². The number of nitrogens with zero attached hydrogens (tertiary/aromatic N) is 5. The zero-order chi connectivity index (χ0) is 25.8. The summed E-state index contributed by atoms with van der Waals surface area (Å²) in [6, 6.07) is 20.2. The number of carbonyl (C=O) groups is 1. The van der Waals surface area contributed by atoms with Gasteiger partial charge in [-0.2, -0.15) is 5.10 Å². The summed E-state index contributed by atoms with van der Waals surface area (Å²) >= 11 is 12.6. The fraction of sp³-hybridized carbons (Fsp3) is 0.0800. The van der Waals surface area contributed by atoms with Crippen LogP contribution in [0.3, 0.4) is 0 Å². The molecule has 5 aromatic rings. The van der Waals surface area contributed by atoms with Gasteiger partial charge in [0.2, 0.25) is 0 Å². The number of amides is 1. The Labute approximate surface area is 220 Å². The molecule has 37 heavy (non-hydrogen) atoms. The van der Waals surface area contributed by atoms with Crippen LogP contribution in [0.25, 0.3) is 22.6 Å². The lowest BCUT2D eigenvalue weighted by atomic mass is 10.2. The highest BCUT2D eigenvalue weighted by atomic mass is 35.5. The number of anilines is 1. The first-order valence-corrected chi connectivity index (χ1v) is 11.8. The van der Waals surface area contributed by atoms with Gasteiger partial charge in [0.15, 0.2) is 17.3 Å². The summed E-state index contributed by atoms with van der Waals surface area (Å²) < 4.78 is 12.3. The number of para-hydroxylation sites is 2. The van der Waals surface area contributed by atoms with Crippen LogP contribution < -0.4 is 15.9 Å². The minimum absolute atomic E-state index is 0.0656. The van der Waals surface area contributed by atoms with Crippen molar-refractivity contribution in [3.05, 3.63) is 87.9 Å². The number of rotatable bonds is 8. The molecule has 2 aromatic heterocycles. The molecule has 0 aliphatic rings. The molecular weight excluding hydrogens is 517 g/mol. The maximum atomic E-state index is 12.8. The van der Waals surface area contributed by atoms with Crippen LogP contribution in [-0.2, 0) is 17.9 Å². The Bertz CT molecular complexity index is 1600. The fourth-order valence-electron chi connectivity index (χ4n) is 3.68. The maximum Gasteiger partial charge on any atom is 0.260 e. The van der Waals surface area contributed by atoms with E-state index in [-0.39, 0.29) is 18.1 Å². The molecule has 1 amide bonds. The van der Waals surface area contributed by atoms with Crippen LogP contribution in [0.5, 0.6) is 5.75 Å². The number of hydrogen-bond acceptors (Lipinski definition) is 8. The summed E-state index contributed by atoms with van der Waals surface area (Å²) in [5.41, 5.74) is 11.4. The number of nitrogens with two attached hydrogens (primary N) is 1. The van der Waals surface area contributed by atoms with E-state index in [0.29, 0.717) is 44.8 Å². The molecule has 5 rings (SSSR count). The highest BCUT2D eigenvalue weighted by molar-refractivity contribution is 6.36. The topological polar surface area (TPSA) is 133 Å². The number of aromatic nitrogens is 4. The van der Waals surface area contributed by atoms with Crippen molar-refractivity contribution in [3.8, 4) is 17.3 Å². The molecule has 0 atom stereocenters. The first kappa shape index (κ1) is 24.3. The van der Waals surface area contributed by atoms with Gasteiger partial charge >= 0.3 is 0 Å². The molecule has 0 aliphatic carbocycles. The van der Waals surface area contributed by atoms with Gasteiger partial charge in [0.05, 0.1) is 22.3 Å². The van der Waals surface area contributed by atoms with Crippen LogP contribution in [0.1, 0.15) is 11.1 Å². The summed E-state index contributed by atoms with van der Waals surface area (Å²) in [4.78, 5) is 17.4. The van der Waals surface area contributed by atoms with Gasteiger partial charge in [-0.15, -0.1) is 0 Å². The first-order chi connectivity index (χ1) is 18.0. The smallest absolute Gasteiger partial charge is 0.260 e. The zero-order valence-corrected chi connectivity index (χ0v) is 20.6. The number of carbonyl (C=O) groups excluding carboxylic acids is 1. The van der Waals surface area contributed by atoms with E-state index >= 15 is 0 Å². The zero-order valence-electron chi connectivity index (χ0n) is 19.1. The van der Waals surface area contributed by atoms with E-state index in [1.807, 2.05) is 54.6 Å². The maximum absolute atomic E-state index is 12.8. The van der Waals surface area contributed by atoms with Gasteiger partial charge in [0, 0.05) is 10.6 Å². The summed E-state index contributed by atoms with van der Waals surface area (Å²) in [5.74, 6) is 0.383. The van der Waals surface area contributed by atoms with Gasteiger partial charge in [-0.3, -0.25) is 4.79 Å². The Morgan fingerprint density at radius 2 is 1.89 bits per heavy atom. The molecule has 0 fully saturated rings. The van der Waals surface area contributed by atoms with Crippen molar-refractivity contribution in [1.82, 2.24) is 25.3 Å². The molecule has 0 radical (unpaired) electrons. The van der Waals surface area contributed by atoms with Gasteiger partial charge in [-0.1, -0.05) is 65.7 Å². The number of fused-ring (bicyclic) bond motifs is 1. The summed E-state index contributed by atoms with van der Waals surface area (Å²) in [5, 5.41) is 12.2. The van der Waals surface area contributed by atoms with Crippen LogP contribution in [0.2, 0.25) is 10.0 Å². The lowest BCUT2D eigenvalue weighted by molar-refractivity contribution is -0.121. The van der Waals surface area contributed by atoms with E-state index in [9.17, 15) is 4.79 Å². The molecule has 186 valence electrons. The van der Waals surface area contributed by atoms with Crippen LogP contribution in [-0.4, -0.2) is 32.0 Å². The van der Waals surface area contributed by atoms with Crippen LogP contribution in [0.4, 0.5) is 5.82 Å². The summed E-state index contributed by atoms with van der Waals surface area (Å²) in [6.07, 6.45) is 1.42. The van der Waals surface area contributed by atoms with Gasteiger partial charge in [0.25, 0.3) is 5.91 Å². The Hall–Kier alpha value is -4.41. The lowest BCUT2D eigenvalue weighted by Crippen LogP contribution is -2.23. The predicted molar refractivity (Wildman–Crippen MR) is 140 cm³/mol. The molecule has 0 aliphatic heterocycles. The van der Waals surface area contributed by atoms with E-state index in [1.165, 1.54) is 6.21 Å². The first-order valence-electron chi connectivity index (χ1n) is 11.0. The molecule has 0 bridgehead atoms. The molecule has 3 aromatic carbocycles. The number of nitrogens with one attached hydrogen (secondary N) is 1. The normalized spacial score (nSPS) is 11.3. The van der Waals surface area contributed by atoms with Crippen molar-refractivity contribution < 1.29 is 14.2 Å². The highest BCUT2D eigenvalue weighted by Crippen LogP contribution is 2.32. The van der Waals surface area contributed by atoms with E-state index in [2.05, 4.69) is 25.8 Å². The van der Waals surface area contributed by atoms with E-state index in [1.54, 1.807) is 16.7 Å². The number of hydrogen-bond donors (Lipinski definition) is 2. The molecular formula is C25H19Cl2N7O3. The third-order valence-corrected chi connectivity index (χ3v) is 5.84. The lowest BCUT2D eigenvalue weighted by Gasteiger charge is -2.12. The third-order valence-electron chi connectivity index (χ3n) is 5.34. The van der Waals surface area contributed by atoms with Gasteiger partial charge < -0.3 is 15.0 Å². The number of benzene rings is 3. The number of hydrazone groups is 1. The number of halogens is 2. The minimum Gasteiger partial charge on any atom is -0.487 e. The van der Waals surface area contributed by atoms with Crippen molar-refractivity contribution >= 4 is 52.2 Å². The van der Waals surface area contributed by atoms with Crippen LogP contribution in [0, 0.1) is 0 Å². The largest absolute Gasteiger partial charge is 0.487 e. The second-order valence-corrected chi connectivity index (χ2v) is 8.73. The molecule has 0 unspecified atom stereocenters. The highest BCUT2D eigenvalue weighted by Gasteiger charge is 2.20. The van der Waals surface area contributed by atoms with Crippen LogP contribution >= 0.6 is 23.2 Å². The summed E-state index contributed by atoms with van der Waals surface area (Å²) in [6.45, 7) is 0.180. The predicted octanol–water partition coefficient (Wildman–Crippen LogP) is 4.70. The summed E-state index contributed by atoms with van der Waals surface area (Å²) in [7, 11) is 0. The van der Waals surface area contributed by atoms with Gasteiger partial charge in [0.1, 0.15) is 18.9 Å². The molecule has 0 spiro atoms. The Balaban J connectivity index is 1.34. The molecule has 0 saturated carbocycles. The minimum atomic E-state index is -0.421. The molecule has 2 heterocycles. The Kier molecular flexibility index (Phi) is 7.02. The van der Waals surface area contributed by atoms with Gasteiger partial charge in [-0.25, -0.2) is 15.0 Å². The van der Waals surface area contributed by atoms with E-state index in [4.69, 9.17) is 38.3 Å². The Morgan fingerprint density at radius 3 is 2.68 bits per heavy atom. The van der Waals surface area contributed by atoms with Crippen LogP contribution in [0.15, 0.2) is 76.5 Å². The van der Waals surface area contributed by atoms with Crippen molar-refractivity contribution in [2.24, 2.45) is 5.10 Å². The van der Waals surface area contributed by atoms with E-state index < -0.39 is 5.91 Å². The SMILES string of the molecule is Nc1nonc1-c1nc2ccccc2n1CC(=O)NN=Cc1cc(Cl)cc(Cl)c1OCc1ccccc1. The van der Waals surface area contributed by atoms with Crippen molar-refractivity contribution in [2.45, 2.75) is 13.2 Å². The molecule has 12 heteroatoms. The number of imidazole rings is 1. The fourth-order valence-corrected chi connectivity index (χ4v) is 4.24. The average Bonchev–Trinajstić information content (AvgIpc) is 3.47. The third kappa shape index (κ3) is 5.40. The number of nitrogen functional groups attached to an aromatic ring is 1. The second kappa shape index (κ2) is 10.7. The van der Waals surface area contributed by atoms with E-state index in [0.717, 1.165) is 5.56 Å². The quantitative estimate of drug-likeness (QED) is 0.217. The molecule has 10 nitrogen and oxygen atoms in total. The van der Waals surface area contributed by atoms with Crippen molar-refractivity contribution in [3.63, 3.8) is 0 Å². The van der Waals surface area contributed by atoms with Gasteiger partial charge in [-0.05, 0) is 40.1 Å². The number of ether oxygens (including phenoxy) is 1. The standard InChI is InChI=1S/C25H19Cl2N7O3/c26-17-10-16(23(18(27)11-17)36-14-15-6-2-1-3-7-15)12-29-31-21(35)13-34-20-9-5-4-8-19(20)30-25(34)22-24(28)33-37-32-22/h1-12H,13-14H2,(H2,28,33)(H,31,35). The van der Waals surface area contributed by atoms with Crippen molar-refractivity contribution in [1.29, 1.82) is 0 Å². The molecule has 3 N–H and O–H groups in total. The second-order valence-electron chi connectivity index (χ2n) is 7.88. The monoisotopic (exact) mass is 535 g/mol. The Morgan fingerprint density at radius 1 is 1.11 bits per heavy atom.